The van der Waals surface area contributed by atoms with Gasteiger partial charge in [0.05, 0.1) is 0 Å². The van der Waals surface area contributed by atoms with Gasteiger partial charge < -0.3 is 15.2 Å². The summed E-state index contributed by atoms with van der Waals surface area (Å²) in [6.45, 7) is 7.56. The highest BCUT2D eigenvalue weighted by Gasteiger charge is 2.16. The molecule has 0 bridgehead atoms. The maximum atomic E-state index is 11.3. The first kappa shape index (κ1) is 15.5. The Balaban J connectivity index is 4.01. The van der Waals surface area contributed by atoms with Crippen LogP contribution >= 0.6 is 0 Å². The van der Waals surface area contributed by atoms with E-state index in [1.165, 1.54) is 6.08 Å². The smallest absolute Gasteiger partial charge is 0.407 e. The highest BCUT2D eigenvalue weighted by molar-refractivity contribution is 5.68. The normalized spacial score (nSPS) is 11.9. The van der Waals surface area contributed by atoms with E-state index in [2.05, 4.69) is 11.9 Å². The number of carbonyl (C=O) groups excluding carboxylic acids is 1. The second-order valence-electron chi connectivity index (χ2n) is 4.17. The molecule has 0 radical (unpaired) electrons. The molecule has 5 nitrogen and oxygen atoms in total. The average Bonchev–Trinajstić information content (AvgIpc) is 2.24. The van der Waals surface area contributed by atoms with Crippen LogP contribution < -0.4 is 5.32 Å². The topological polar surface area (TPSA) is 75.6 Å². The summed E-state index contributed by atoms with van der Waals surface area (Å²) >= 11 is 0. The van der Waals surface area contributed by atoms with Crippen LogP contribution in [0.25, 0.3) is 0 Å². The Kier molecular flexibility index (Phi) is 7.84. The lowest BCUT2D eigenvalue weighted by atomic mass is 9.98. The van der Waals surface area contributed by atoms with Crippen molar-refractivity contribution in [1.29, 1.82) is 0 Å². The summed E-state index contributed by atoms with van der Waals surface area (Å²) in [6, 6.07) is -0.0633. The van der Waals surface area contributed by atoms with E-state index >= 15 is 0 Å². The molecule has 0 rings (SSSR count). The van der Waals surface area contributed by atoms with Crippen LogP contribution in [0.3, 0.4) is 0 Å². The van der Waals surface area contributed by atoms with Gasteiger partial charge in [0.15, 0.2) is 0 Å². The molecule has 98 valence electrons. The van der Waals surface area contributed by atoms with Crippen LogP contribution in [0.5, 0.6) is 0 Å². The Morgan fingerprint density at radius 3 is 2.59 bits per heavy atom. The van der Waals surface area contributed by atoms with Gasteiger partial charge in [-0.3, -0.25) is 4.79 Å². The summed E-state index contributed by atoms with van der Waals surface area (Å²) in [5.74, 6) is -0.582. The van der Waals surface area contributed by atoms with Crippen molar-refractivity contribution < 1.29 is 19.4 Å². The quantitative estimate of drug-likeness (QED) is 0.641. The fourth-order valence-corrected chi connectivity index (χ4v) is 1.37. The predicted octanol–water partition coefficient (Wildman–Crippen LogP) is 2.18. The molecule has 0 aliphatic carbocycles. The number of aliphatic carboxylic acids is 1. The van der Waals surface area contributed by atoms with Crippen molar-refractivity contribution in [2.75, 3.05) is 6.61 Å². The molecule has 0 aromatic carbocycles. The molecule has 0 saturated carbocycles. The Labute approximate surface area is 102 Å². The van der Waals surface area contributed by atoms with Crippen LogP contribution in [0.15, 0.2) is 12.7 Å². The molecular formula is C12H21NO4. The Bertz CT molecular complexity index is 263. The van der Waals surface area contributed by atoms with E-state index in [1.54, 1.807) is 0 Å². The first-order chi connectivity index (χ1) is 7.97. The Morgan fingerprint density at radius 1 is 1.47 bits per heavy atom. The number of amides is 1. The molecule has 2 N–H and O–H groups in total. The fraction of sp³-hybridized carbons (Fsp3) is 0.667. The lowest BCUT2D eigenvalue weighted by Crippen LogP contribution is -2.39. The fourth-order valence-electron chi connectivity index (χ4n) is 1.37. The van der Waals surface area contributed by atoms with Crippen molar-refractivity contribution >= 4 is 12.1 Å². The van der Waals surface area contributed by atoms with Gasteiger partial charge >= 0.3 is 12.1 Å². The minimum absolute atomic E-state index is 0.0633. The zero-order chi connectivity index (χ0) is 13.3. The van der Waals surface area contributed by atoms with Crippen molar-refractivity contribution in [3.8, 4) is 0 Å². The molecule has 0 aromatic heterocycles. The summed E-state index contributed by atoms with van der Waals surface area (Å²) in [5, 5.41) is 11.3. The Hall–Kier alpha value is -1.52. The van der Waals surface area contributed by atoms with Gasteiger partial charge in [0.2, 0.25) is 0 Å². The molecule has 0 heterocycles. The number of carboxylic acid groups (broad SMARTS) is 1. The molecular weight excluding hydrogens is 222 g/mol. The summed E-state index contributed by atoms with van der Waals surface area (Å²) in [4.78, 5) is 21.7. The summed E-state index contributed by atoms with van der Waals surface area (Å²) in [5.41, 5.74) is 0. The lowest BCUT2D eigenvalue weighted by Gasteiger charge is -2.21. The van der Waals surface area contributed by atoms with E-state index in [9.17, 15) is 9.59 Å². The highest BCUT2D eigenvalue weighted by atomic mass is 16.5. The van der Waals surface area contributed by atoms with Crippen LogP contribution in [-0.4, -0.2) is 29.8 Å². The standard InChI is InChI=1S/C12H21NO4/c1-4-8-17-12(16)13-10(9(2)3)6-5-7-11(14)15/h4,9-10H,1,5-8H2,2-3H3,(H,13,16)(H,14,15). The van der Waals surface area contributed by atoms with Crippen molar-refractivity contribution in [2.24, 2.45) is 5.92 Å². The van der Waals surface area contributed by atoms with Gasteiger partial charge in [-0.25, -0.2) is 4.79 Å². The third-order valence-electron chi connectivity index (χ3n) is 2.35. The minimum Gasteiger partial charge on any atom is -0.481 e. The number of ether oxygens (including phenoxy) is 1. The molecule has 0 aromatic rings. The molecule has 0 spiro atoms. The van der Waals surface area contributed by atoms with E-state index in [0.717, 1.165) is 0 Å². The predicted molar refractivity (Wildman–Crippen MR) is 64.8 cm³/mol. The van der Waals surface area contributed by atoms with Gasteiger partial charge in [-0.05, 0) is 18.8 Å². The van der Waals surface area contributed by atoms with Gasteiger partial charge in [-0.15, -0.1) is 0 Å². The van der Waals surface area contributed by atoms with Crippen LogP contribution in [0.2, 0.25) is 0 Å². The number of nitrogens with one attached hydrogen (secondary N) is 1. The number of hydrogen-bond acceptors (Lipinski definition) is 3. The summed E-state index contributed by atoms with van der Waals surface area (Å²) < 4.78 is 4.81. The molecule has 1 atom stereocenters. The van der Waals surface area contributed by atoms with E-state index in [-0.39, 0.29) is 25.0 Å². The Morgan fingerprint density at radius 2 is 2.12 bits per heavy atom. The third-order valence-corrected chi connectivity index (χ3v) is 2.35. The number of carbonyl (C=O) groups is 2. The molecule has 5 heteroatoms. The molecule has 1 amide bonds. The van der Waals surface area contributed by atoms with Crippen LogP contribution in [0.4, 0.5) is 4.79 Å². The molecule has 0 fully saturated rings. The van der Waals surface area contributed by atoms with Crippen molar-refractivity contribution in [1.82, 2.24) is 5.32 Å². The van der Waals surface area contributed by atoms with Crippen LogP contribution in [-0.2, 0) is 9.53 Å². The summed E-state index contributed by atoms with van der Waals surface area (Å²) in [7, 11) is 0. The van der Waals surface area contributed by atoms with Gasteiger partial charge in [0.1, 0.15) is 6.61 Å². The molecule has 0 saturated heterocycles. The van der Waals surface area contributed by atoms with Gasteiger partial charge in [0.25, 0.3) is 0 Å². The first-order valence-corrected chi connectivity index (χ1v) is 5.73. The second kappa shape index (κ2) is 8.61. The number of carboxylic acids is 1. The minimum atomic E-state index is -0.818. The second-order valence-corrected chi connectivity index (χ2v) is 4.17. The molecule has 0 aliphatic rings. The monoisotopic (exact) mass is 243 g/mol. The molecule has 1 unspecified atom stereocenters. The van der Waals surface area contributed by atoms with E-state index in [1.807, 2.05) is 13.8 Å². The SMILES string of the molecule is C=CCOC(=O)NC(CCCC(=O)O)C(C)C. The van der Waals surface area contributed by atoms with Crippen molar-refractivity contribution in [3.05, 3.63) is 12.7 Å². The summed E-state index contributed by atoms with van der Waals surface area (Å²) in [6.07, 6.45) is 2.30. The zero-order valence-corrected chi connectivity index (χ0v) is 10.4. The highest BCUT2D eigenvalue weighted by Crippen LogP contribution is 2.10. The van der Waals surface area contributed by atoms with Gasteiger partial charge in [-0.1, -0.05) is 26.5 Å². The zero-order valence-electron chi connectivity index (χ0n) is 10.4. The van der Waals surface area contributed by atoms with Gasteiger partial charge in [-0.2, -0.15) is 0 Å². The third kappa shape index (κ3) is 8.30. The van der Waals surface area contributed by atoms with Crippen molar-refractivity contribution in [2.45, 2.75) is 39.2 Å². The average molecular weight is 243 g/mol. The maximum absolute atomic E-state index is 11.3. The molecule has 0 aliphatic heterocycles. The van der Waals surface area contributed by atoms with E-state index in [4.69, 9.17) is 9.84 Å². The van der Waals surface area contributed by atoms with Crippen molar-refractivity contribution in [3.63, 3.8) is 0 Å². The first-order valence-electron chi connectivity index (χ1n) is 5.73. The van der Waals surface area contributed by atoms with Crippen LogP contribution in [0.1, 0.15) is 33.1 Å². The number of alkyl carbamates (subject to hydrolysis) is 1. The van der Waals surface area contributed by atoms with E-state index in [0.29, 0.717) is 12.8 Å². The number of hydrogen-bond donors (Lipinski definition) is 2. The van der Waals surface area contributed by atoms with E-state index < -0.39 is 12.1 Å². The number of rotatable bonds is 8. The van der Waals surface area contributed by atoms with Crippen LogP contribution in [0, 0.1) is 5.92 Å². The lowest BCUT2D eigenvalue weighted by molar-refractivity contribution is -0.137. The van der Waals surface area contributed by atoms with Gasteiger partial charge in [0, 0.05) is 12.5 Å². The molecule has 17 heavy (non-hydrogen) atoms. The largest absolute Gasteiger partial charge is 0.481 e. The maximum Gasteiger partial charge on any atom is 0.407 e.